The number of aromatic nitrogens is 1. The van der Waals surface area contributed by atoms with Crippen LogP contribution in [0.5, 0.6) is 5.75 Å². The van der Waals surface area contributed by atoms with E-state index >= 15 is 0 Å². The van der Waals surface area contributed by atoms with Gasteiger partial charge in [-0.15, -0.1) is 0 Å². The number of carbonyl (C=O) groups is 2. The molecule has 7 nitrogen and oxygen atoms in total. The first-order valence-electron chi connectivity index (χ1n) is 9.87. The predicted molar refractivity (Wildman–Crippen MR) is 114 cm³/mol. The van der Waals surface area contributed by atoms with E-state index in [-0.39, 0.29) is 23.3 Å². The molecule has 0 saturated heterocycles. The van der Waals surface area contributed by atoms with Crippen LogP contribution in [-0.4, -0.2) is 28.5 Å². The van der Waals surface area contributed by atoms with E-state index in [0.29, 0.717) is 35.5 Å². The number of rotatable bonds is 5. The molecule has 4 rings (SSSR count). The van der Waals surface area contributed by atoms with Crippen LogP contribution in [0.25, 0.3) is 16.9 Å². The zero-order chi connectivity index (χ0) is 22.2. The van der Waals surface area contributed by atoms with Gasteiger partial charge in [-0.05, 0) is 54.8 Å². The summed E-state index contributed by atoms with van der Waals surface area (Å²) in [6, 6.07) is 17.9. The van der Waals surface area contributed by atoms with Crippen LogP contribution in [0.2, 0.25) is 0 Å². The second-order valence-corrected chi connectivity index (χ2v) is 7.41. The highest BCUT2D eigenvalue weighted by Crippen LogP contribution is 2.43. The summed E-state index contributed by atoms with van der Waals surface area (Å²) in [6.07, 6.45) is 1.45. The molecule has 156 valence electrons. The molecular formula is C24H21N3O4. The number of ketones is 1. The monoisotopic (exact) mass is 415 g/mol. The fourth-order valence-corrected chi connectivity index (χ4v) is 4.17. The van der Waals surface area contributed by atoms with E-state index < -0.39 is 11.5 Å². The van der Waals surface area contributed by atoms with Crippen molar-refractivity contribution in [3.63, 3.8) is 0 Å². The van der Waals surface area contributed by atoms with Crippen molar-refractivity contribution in [3.8, 4) is 28.8 Å². The number of para-hydroxylation sites is 1. The Labute approximate surface area is 179 Å². The second-order valence-electron chi connectivity index (χ2n) is 7.41. The SMILES string of the molecule is COc1ccc(-c2c(C(O)(C#N)C(N)=O)c3c(n2-c2ccccc2)CCCC3=O)cc1. The highest BCUT2D eigenvalue weighted by Gasteiger charge is 2.46. The highest BCUT2D eigenvalue weighted by molar-refractivity contribution is 6.05. The summed E-state index contributed by atoms with van der Waals surface area (Å²) in [4.78, 5) is 25.3. The fraction of sp³-hybridized carbons (Fsp3) is 0.208. The molecule has 1 amide bonds. The molecule has 3 N–H and O–H groups in total. The Kier molecular flexibility index (Phi) is 5.09. The Balaban J connectivity index is 2.17. The molecule has 2 aromatic carbocycles. The quantitative estimate of drug-likeness (QED) is 0.621. The molecule has 1 aliphatic carbocycles. The number of methoxy groups -OCH3 is 1. The molecular weight excluding hydrogens is 394 g/mol. The summed E-state index contributed by atoms with van der Waals surface area (Å²) < 4.78 is 7.08. The normalized spacial score (nSPS) is 14.9. The number of aliphatic hydroxyl groups is 1. The largest absolute Gasteiger partial charge is 0.497 e. The van der Waals surface area contributed by atoms with Gasteiger partial charge in [-0.2, -0.15) is 5.26 Å². The first-order chi connectivity index (χ1) is 14.9. The van der Waals surface area contributed by atoms with Gasteiger partial charge in [0.25, 0.3) is 11.5 Å². The Morgan fingerprint density at radius 3 is 2.42 bits per heavy atom. The van der Waals surface area contributed by atoms with Gasteiger partial charge in [-0.25, -0.2) is 0 Å². The molecule has 31 heavy (non-hydrogen) atoms. The third-order valence-electron chi connectivity index (χ3n) is 5.62. The molecule has 1 heterocycles. The van der Waals surface area contributed by atoms with Gasteiger partial charge in [0, 0.05) is 28.9 Å². The van der Waals surface area contributed by atoms with Crippen LogP contribution in [0.1, 0.15) is 34.5 Å². The van der Waals surface area contributed by atoms with Crippen LogP contribution in [0.3, 0.4) is 0 Å². The van der Waals surface area contributed by atoms with Crippen molar-refractivity contribution < 1.29 is 19.4 Å². The molecule has 0 aliphatic heterocycles. The van der Waals surface area contributed by atoms with Gasteiger partial charge in [-0.1, -0.05) is 18.2 Å². The van der Waals surface area contributed by atoms with E-state index in [1.54, 1.807) is 37.4 Å². The van der Waals surface area contributed by atoms with Crippen LogP contribution in [-0.2, 0) is 16.8 Å². The summed E-state index contributed by atoms with van der Waals surface area (Å²) in [5.41, 5.74) is 5.35. The number of primary amides is 1. The zero-order valence-electron chi connectivity index (χ0n) is 17.0. The van der Waals surface area contributed by atoms with E-state index in [1.165, 1.54) is 0 Å². The van der Waals surface area contributed by atoms with Crippen molar-refractivity contribution in [1.82, 2.24) is 4.57 Å². The van der Waals surface area contributed by atoms with Gasteiger partial charge in [0.1, 0.15) is 11.8 Å². The average molecular weight is 415 g/mol. The third-order valence-corrected chi connectivity index (χ3v) is 5.62. The van der Waals surface area contributed by atoms with Gasteiger partial charge in [-0.3, -0.25) is 9.59 Å². The van der Waals surface area contributed by atoms with Crippen LogP contribution < -0.4 is 10.5 Å². The summed E-state index contributed by atoms with van der Waals surface area (Å²) in [7, 11) is 1.55. The number of Topliss-reactive ketones (excluding diaryl/α,β-unsaturated/α-hetero) is 1. The summed E-state index contributed by atoms with van der Waals surface area (Å²) in [6.45, 7) is 0. The summed E-state index contributed by atoms with van der Waals surface area (Å²) in [5.74, 6) is -0.832. The molecule has 0 bridgehead atoms. The first kappa shape index (κ1) is 20.4. The summed E-state index contributed by atoms with van der Waals surface area (Å²) >= 11 is 0. The van der Waals surface area contributed by atoms with Crippen LogP contribution >= 0.6 is 0 Å². The van der Waals surface area contributed by atoms with E-state index in [0.717, 1.165) is 5.69 Å². The van der Waals surface area contributed by atoms with E-state index in [4.69, 9.17) is 10.5 Å². The lowest BCUT2D eigenvalue weighted by molar-refractivity contribution is -0.131. The molecule has 1 unspecified atom stereocenters. The Hall–Kier alpha value is -3.89. The number of fused-ring (bicyclic) bond motifs is 1. The minimum atomic E-state index is -2.66. The third kappa shape index (κ3) is 3.18. The van der Waals surface area contributed by atoms with Crippen molar-refractivity contribution in [3.05, 3.63) is 71.4 Å². The predicted octanol–water partition coefficient (Wildman–Crippen LogP) is 2.87. The number of hydrogen-bond acceptors (Lipinski definition) is 5. The lowest BCUT2D eigenvalue weighted by atomic mass is 9.84. The molecule has 0 saturated carbocycles. The zero-order valence-corrected chi connectivity index (χ0v) is 17.0. The van der Waals surface area contributed by atoms with Crippen LogP contribution in [0, 0.1) is 11.3 Å². The van der Waals surface area contributed by atoms with Crippen molar-refractivity contribution in [2.45, 2.75) is 24.9 Å². The van der Waals surface area contributed by atoms with Crippen LogP contribution in [0.15, 0.2) is 54.6 Å². The number of nitriles is 1. The molecule has 3 aromatic rings. The standard InChI is InChI=1S/C24H21N3O4/c1-31-17-12-10-15(11-13-17)22-21(24(30,14-25)23(26)29)20-18(8-5-9-19(20)28)27(22)16-6-3-2-4-7-16/h2-4,6-7,10-13,30H,5,8-9H2,1H3,(H2,26,29). The molecule has 1 aromatic heterocycles. The second kappa shape index (κ2) is 7.74. The lowest BCUT2D eigenvalue weighted by Gasteiger charge is -2.20. The minimum Gasteiger partial charge on any atom is -0.497 e. The van der Waals surface area contributed by atoms with Crippen LogP contribution in [0.4, 0.5) is 0 Å². The smallest absolute Gasteiger partial charge is 0.269 e. The number of carbonyl (C=O) groups excluding carboxylic acids is 2. The summed E-state index contributed by atoms with van der Waals surface area (Å²) in [5, 5.41) is 20.9. The number of ether oxygens (including phenoxy) is 1. The number of hydrogen-bond donors (Lipinski definition) is 2. The molecule has 0 spiro atoms. The van der Waals surface area contributed by atoms with E-state index in [9.17, 15) is 20.0 Å². The Bertz CT molecular complexity index is 1210. The minimum absolute atomic E-state index is 0.0591. The molecule has 0 radical (unpaired) electrons. The first-order valence-corrected chi connectivity index (χ1v) is 9.87. The van der Waals surface area contributed by atoms with Crippen molar-refractivity contribution >= 4 is 11.7 Å². The highest BCUT2D eigenvalue weighted by atomic mass is 16.5. The topological polar surface area (TPSA) is 118 Å². The van der Waals surface area contributed by atoms with E-state index in [1.807, 2.05) is 34.9 Å². The van der Waals surface area contributed by atoms with Gasteiger partial charge in [0.2, 0.25) is 0 Å². The number of amides is 1. The lowest BCUT2D eigenvalue weighted by Crippen LogP contribution is -2.41. The Morgan fingerprint density at radius 2 is 1.84 bits per heavy atom. The maximum Gasteiger partial charge on any atom is 0.269 e. The number of nitrogens with two attached hydrogens (primary N) is 1. The molecule has 1 atom stereocenters. The van der Waals surface area contributed by atoms with Gasteiger partial charge < -0.3 is 20.1 Å². The fourth-order valence-electron chi connectivity index (χ4n) is 4.17. The average Bonchev–Trinajstić information content (AvgIpc) is 3.16. The van der Waals surface area contributed by atoms with Gasteiger partial charge in [0.15, 0.2) is 5.78 Å². The molecule has 1 aliphatic rings. The van der Waals surface area contributed by atoms with E-state index in [2.05, 4.69) is 0 Å². The number of benzene rings is 2. The van der Waals surface area contributed by atoms with Crippen molar-refractivity contribution in [2.24, 2.45) is 5.73 Å². The maximum atomic E-state index is 13.0. The maximum absolute atomic E-state index is 13.0. The van der Waals surface area contributed by atoms with Gasteiger partial charge >= 0.3 is 0 Å². The van der Waals surface area contributed by atoms with Crippen molar-refractivity contribution in [2.75, 3.05) is 7.11 Å². The van der Waals surface area contributed by atoms with Crippen molar-refractivity contribution in [1.29, 1.82) is 5.26 Å². The molecule has 0 fully saturated rings. The number of nitrogens with zero attached hydrogens (tertiary/aromatic N) is 2. The Morgan fingerprint density at radius 1 is 1.16 bits per heavy atom. The van der Waals surface area contributed by atoms with Gasteiger partial charge in [0.05, 0.1) is 12.8 Å². The molecule has 7 heteroatoms.